The third-order valence-electron chi connectivity index (χ3n) is 7.63. The molecule has 0 radical (unpaired) electrons. The molecule has 0 N–H and O–H groups in total. The van der Waals surface area contributed by atoms with Crippen LogP contribution in [0, 0.1) is 20.8 Å². The molecule has 9 heteroatoms. The molecule has 4 heterocycles. The molecule has 1 aliphatic heterocycles. The van der Waals surface area contributed by atoms with Crippen LogP contribution in [0.25, 0.3) is 11.3 Å². The first-order valence-corrected chi connectivity index (χ1v) is 13.4. The fraction of sp³-hybridized carbons (Fsp3) is 0.188. The maximum absolute atomic E-state index is 6.51. The molecule has 41 heavy (non-hydrogen) atoms. The molecule has 1 aliphatic rings. The number of ether oxygens (including phenoxy) is 3. The summed E-state index contributed by atoms with van der Waals surface area (Å²) in [6, 6.07) is 24.0. The first-order valence-electron chi connectivity index (χ1n) is 13.4. The van der Waals surface area contributed by atoms with Gasteiger partial charge in [-0.3, -0.25) is 0 Å². The van der Waals surface area contributed by atoms with Crippen molar-refractivity contribution >= 4 is 5.65 Å². The lowest BCUT2D eigenvalue weighted by Crippen LogP contribution is -2.16. The second-order valence-electron chi connectivity index (χ2n) is 10.1. The quantitative estimate of drug-likeness (QED) is 0.250. The molecule has 3 aromatic heterocycles. The highest BCUT2D eigenvalue weighted by Gasteiger charge is 2.38. The molecule has 0 aliphatic carbocycles. The number of aryl methyl sites for hydroxylation is 2. The number of fused-ring (bicyclic) bond motifs is 4. The summed E-state index contributed by atoms with van der Waals surface area (Å²) in [5.41, 5.74) is 7.51. The molecule has 6 aromatic rings. The Morgan fingerprint density at radius 3 is 2.46 bits per heavy atom. The number of benzene rings is 3. The van der Waals surface area contributed by atoms with Gasteiger partial charge in [0.15, 0.2) is 11.5 Å². The van der Waals surface area contributed by atoms with Gasteiger partial charge in [0.25, 0.3) is 0 Å². The molecule has 0 fully saturated rings. The molecule has 204 valence electrons. The lowest BCUT2D eigenvalue weighted by Gasteiger charge is -2.26. The summed E-state index contributed by atoms with van der Waals surface area (Å²) in [4.78, 5) is 9.61. The minimum atomic E-state index is -0.245. The van der Waals surface area contributed by atoms with Crippen LogP contribution in [0.2, 0.25) is 0 Å². The van der Waals surface area contributed by atoms with E-state index < -0.39 is 0 Å². The number of methoxy groups -OCH3 is 1. The smallest absolute Gasteiger partial charge is 0.230 e. The van der Waals surface area contributed by atoms with E-state index >= 15 is 0 Å². The van der Waals surface area contributed by atoms with E-state index in [0.717, 1.165) is 45.1 Å². The summed E-state index contributed by atoms with van der Waals surface area (Å²) >= 11 is 0. The summed E-state index contributed by atoms with van der Waals surface area (Å²) in [5, 5.41) is 9.59. The van der Waals surface area contributed by atoms with E-state index in [9.17, 15) is 0 Å². The van der Waals surface area contributed by atoms with Gasteiger partial charge in [0.2, 0.25) is 11.8 Å². The van der Waals surface area contributed by atoms with Gasteiger partial charge in [0.05, 0.1) is 35.5 Å². The fourth-order valence-electron chi connectivity index (χ4n) is 5.38. The van der Waals surface area contributed by atoms with Crippen LogP contribution in [0.1, 0.15) is 45.3 Å². The van der Waals surface area contributed by atoms with Gasteiger partial charge in [-0.1, -0.05) is 42.5 Å². The minimum Gasteiger partial charge on any atom is -0.497 e. The predicted molar refractivity (Wildman–Crippen MR) is 153 cm³/mol. The Morgan fingerprint density at radius 1 is 0.878 bits per heavy atom. The standard InChI is InChI=1S/C32H28N6O3/c1-19-9-8-12-25(20(19)2)40-17-26-34-30-29-28(22-13-15-24(39-4)16-14-22)27-21(3)35-38(23-10-6-5-7-11-23)32(27)41-31(29)33-18-37(30)36-26/h5-16,18,28H,17H2,1-4H3/t28-/m0/s1. The molecule has 3 aromatic carbocycles. The highest BCUT2D eigenvalue weighted by atomic mass is 16.5. The van der Waals surface area contributed by atoms with Crippen molar-refractivity contribution in [2.24, 2.45) is 0 Å². The number of para-hydroxylation sites is 1. The molecule has 0 unspecified atom stereocenters. The first kappa shape index (κ1) is 24.8. The van der Waals surface area contributed by atoms with E-state index in [0.29, 0.717) is 23.2 Å². The van der Waals surface area contributed by atoms with Crippen molar-refractivity contribution in [3.8, 4) is 28.9 Å². The van der Waals surface area contributed by atoms with E-state index in [4.69, 9.17) is 29.4 Å². The summed E-state index contributed by atoms with van der Waals surface area (Å²) in [7, 11) is 1.66. The molecule has 0 spiro atoms. The Hall–Kier alpha value is -5.18. The number of hydrogen-bond donors (Lipinski definition) is 0. The van der Waals surface area contributed by atoms with Crippen molar-refractivity contribution in [3.63, 3.8) is 0 Å². The maximum atomic E-state index is 6.51. The van der Waals surface area contributed by atoms with Gasteiger partial charge in [-0.05, 0) is 67.8 Å². The van der Waals surface area contributed by atoms with Crippen LogP contribution in [0.15, 0.2) is 79.1 Å². The van der Waals surface area contributed by atoms with Gasteiger partial charge >= 0.3 is 0 Å². The zero-order valence-electron chi connectivity index (χ0n) is 23.2. The van der Waals surface area contributed by atoms with Crippen molar-refractivity contribution in [3.05, 3.63) is 118 Å². The average molecular weight is 545 g/mol. The molecule has 0 saturated carbocycles. The van der Waals surface area contributed by atoms with Crippen LogP contribution in [0.3, 0.4) is 0 Å². The fourth-order valence-corrected chi connectivity index (χ4v) is 5.38. The van der Waals surface area contributed by atoms with Gasteiger partial charge in [-0.15, -0.1) is 5.10 Å². The van der Waals surface area contributed by atoms with Crippen molar-refractivity contribution in [1.29, 1.82) is 0 Å². The van der Waals surface area contributed by atoms with E-state index in [2.05, 4.69) is 30.1 Å². The van der Waals surface area contributed by atoms with Gasteiger partial charge < -0.3 is 14.2 Å². The number of aromatic nitrogens is 6. The largest absolute Gasteiger partial charge is 0.497 e. The molecule has 9 nitrogen and oxygen atoms in total. The summed E-state index contributed by atoms with van der Waals surface area (Å²) < 4.78 is 21.6. The Labute approximate surface area is 237 Å². The Kier molecular flexibility index (Phi) is 5.92. The highest BCUT2D eigenvalue weighted by molar-refractivity contribution is 5.66. The maximum Gasteiger partial charge on any atom is 0.230 e. The minimum absolute atomic E-state index is 0.227. The van der Waals surface area contributed by atoms with Crippen LogP contribution in [-0.4, -0.2) is 36.5 Å². The third-order valence-corrected chi connectivity index (χ3v) is 7.63. The number of nitrogens with zero attached hydrogens (tertiary/aromatic N) is 6. The zero-order chi connectivity index (χ0) is 28.1. The van der Waals surface area contributed by atoms with Crippen LogP contribution in [0.5, 0.6) is 23.3 Å². The summed E-state index contributed by atoms with van der Waals surface area (Å²) in [6.07, 6.45) is 1.63. The van der Waals surface area contributed by atoms with E-state index in [1.54, 1.807) is 18.0 Å². The zero-order valence-corrected chi connectivity index (χ0v) is 23.2. The van der Waals surface area contributed by atoms with Gasteiger partial charge in [0, 0.05) is 0 Å². The molecule has 0 bridgehead atoms. The molecular weight excluding hydrogens is 516 g/mol. The Morgan fingerprint density at radius 2 is 1.68 bits per heavy atom. The summed E-state index contributed by atoms with van der Waals surface area (Å²) in [6.45, 7) is 6.35. The van der Waals surface area contributed by atoms with Crippen molar-refractivity contribution in [2.75, 3.05) is 7.11 Å². The Balaban J connectivity index is 1.36. The average Bonchev–Trinajstić information content (AvgIpc) is 3.58. The van der Waals surface area contributed by atoms with Crippen molar-refractivity contribution in [2.45, 2.75) is 33.3 Å². The van der Waals surface area contributed by atoms with Gasteiger partial charge in [-0.2, -0.15) is 5.10 Å². The molecular formula is C32H28N6O3. The van der Waals surface area contributed by atoms with Crippen LogP contribution in [0.4, 0.5) is 0 Å². The predicted octanol–water partition coefficient (Wildman–Crippen LogP) is 6.11. The van der Waals surface area contributed by atoms with E-state index in [-0.39, 0.29) is 12.5 Å². The van der Waals surface area contributed by atoms with Crippen LogP contribution in [-0.2, 0) is 6.61 Å². The first-order chi connectivity index (χ1) is 20.0. The summed E-state index contributed by atoms with van der Waals surface area (Å²) in [5.74, 6) is 3.01. The third kappa shape index (κ3) is 4.17. The normalized spacial score (nSPS) is 13.9. The van der Waals surface area contributed by atoms with Gasteiger partial charge in [-0.25, -0.2) is 19.2 Å². The lowest BCUT2D eigenvalue weighted by atomic mass is 9.84. The van der Waals surface area contributed by atoms with E-state index in [1.807, 2.05) is 73.1 Å². The molecule has 1 atom stereocenters. The highest BCUT2D eigenvalue weighted by Crippen LogP contribution is 2.49. The lowest BCUT2D eigenvalue weighted by molar-refractivity contribution is 0.294. The van der Waals surface area contributed by atoms with Crippen LogP contribution >= 0.6 is 0 Å². The van der Waals surface area contributed by atoms with Crippen molar-refractivity contribution in [1.82, 2.24) is 29.4 Å². The SMILES string of the molecule is COc1ccc([C@H]2c3c(C)nn(-c4ccccc4)c3Oc3ncn4nc(COc5cccc(C)c5C)nc4c32)cc1. The Bertz CT molecular complexity index is 1890. The second kappa shape index (κ2) is 9.78. The molecule has 0 amide bonds. The van der Waals surface area contributed by atoms with Crippen molar-refractivity contribution < 1.29 is 14.2 Å². The molecule has 0 saturated heterocycles. The van der Waals surface area contributed by atoms with Gasteiger partial charge in [0.1, 0.15) is 24.4 Å². The van der Waals surface area contributed by atoms with E-state index in [1.165, 1.54) is 5.56 Å². The number of rotatable bonds is 6. The molecule has 7 rings (SSSR count). The number of hydrogen-bond acceptors (Lipinski definition) is 7. The topological polar surface area (TPSA) is 88.6 Å². The van der Waals surface area contributed by atoms with Crippen LogP contribution < -0.4 is 14.2 Å². The second-order valence-corrected chi connectivity index (χ2v) is 10.1. The monoisotopic (exact) mass is 544 g/mol.